The number of aryl methyl sites for hydroxylation is 1. The summed E-state index contributed by atoms with van der Waals surface area (Å²) >= 11 is 0. The molecule has 3 rings (SSSR count). The largest absolute Gasteiger partial charge is 0.326 e. The Hall–Kier alpha value is -1.79. The molecule has 1 saturated heterocycles. The van der Waals surface area contributed by atoms with Crippen molar-refractivity contribution in [3.63, 3.8) is 0 Å². The van der Waals surface area contributed by atoms with Crippen LogP contribution in [-0.2, 0) is 16.0 Å². The van der Waals surface area contributed by atoms with E-state index in [1.807, 2.05) is 0 Å². The second-order valence-corrected chi connectivity index (χ2v) is 7.13. The number of nitrogens with two attached hydrogens (primary N) is 1. The Kier molecular flexibility index (Phi) is 5.81. The minimum absolute atomic E-state index is 0.189. The van der Waals surface area contributed by atoms with Crippen LogP contribution in [0.25, 0.3) is 0 Å². The molecule has 0 bridgehead atoms. The summed E-state index contributed by atoms with van der Waals surface area (Å²) in [5.74, 6) is -0.605. The highest BCUT2D eigenvalue weighted by atomic mass is 19.1. The number of fused-ring (bicyclic) bond motifs is 1. The number of nitrogens with one attached hydrogen (secondary N) is 2. The molecule has 2 unspecified atom stereocenters. The van der Waals surface area contributed by atoms with Crippen LogP contribution < -0.4 is 16.4 Å². The van der Waals surface area contributed by atoms with Crippen molar-refractivity contribution in [2.45, 2.75) is 63.1 Å². The van der Waals surface area contributed by atoms with Crippen LogP contribution in [0.15, 0.2) is 24.3 Å². The first-order chi connectivity index (χ1) is 12.1. The number of hydrogen-bond donors (Lipinski definition) is 3. The Morgan fingerprint density at radius 1 is 1.24 bits per heavy atom. The van der Waals surface area contributed by atoms with E-state index in [0.29, 0.717) is 24.3 Å². The zero-order valence-electron chi connectivity index (χ0n) is 14.3. The lowest BCUT2D eigenvalue weighted by atomic mass is 9.82. The summed E-state index contributed by atoms with van der Waals surface area (Å²) in [7, 11) is 0. The number of benzene rings is 1. The molecule has 2 amide bonds. The smallest absolute Gasteiger partial charge is 0.245 e. The number of hydrogen-bond acceptors (Lipinski definition) is 4. The van der Waals surface area contributed by atoms with Crippen LogP contribution in [0.2, 0.25) is 0 Å². The molecule has 5 nitrogen and oxygen atoms in total. The standard InChI is InChI=1S/C19H26FN3O2/c20-14-9-3-1-6-12(14)7-5-11-16(24)23-19(25)18-17(21)13-8-2-4-10-15(13)22-18/h1,3,6,9,13,15,17-18,22H,2,4-5,7-8,10-11,21H2,(H,23,24,25)/t13?,15?,17-,18+/m1/s1. The van der Waals surface area contributed by atoms with E-state index in [1.54, 1.807) is 18.2 Å². The summed E-state index contributed by atoms with van der Waals surface area (Å²) in [5.41, 5.74) is 6.81. The second kappa shape index (κ2) is 8.06. The normalized spacial score (nSPS) is 28.4. The molecule has 4 atom stereocenters. The van der Waals surface area contributed by atoms with Gasteiger partial charge in [-0.2, -0.15) is 0 Å². The van der Waals surface area contributed by atoms with Gasteiger partial charge in [0.15, 0.2) is 0 Å². The maximum Gasteiger partial charge on any atom is 0.245 e. The number of imide groups is 1. The number of amides is 2. The van der Waals surface area contributed by atoms with Gasteiger partial charge in [-0.3, -0.25) is 14.9 Å². The molecular weight excluding hydrogens is 321 g/mol. The monoisotopic (exact) mass is 347 g/mol. The van der Waals surface area contributed by atoms with Crippen molar-refractivity contribution in [2.75, 3.05) is 0 Å². The van der Waals surface area contributed by atoms with E-state index in [2.05, 4.69) is 10.6 Å². The van der Waals surface area contributed by atoms with Gasteiger partial charge in [0.05, 0.1) is 0 Å². The second-order valence-electron chi connectivity index (χ2n) is 7.13. The van der Waals surface area contributed by atoms with Gasteiger partial charge in [0.1, 0.15) is 11.9 Å². The van der Waals surface area contributed by atoms with Crippen LogP contribution in [0.4, 0.5) is 4.39 Å². The fourth-order valence-corrected chi connectivity index (χ4v) is 4.08. The van der Waals surface area contributed by atoms with Crippen LogP contribution in [0.1, 0.15) is 44.1 Å². The number of carbonyl (C=O) groups excluding carboxylic acids is 2. The third-order valence-corrected chi connectivity index (χ3v) is 5.45. The Bertz CT molecular complexity index is 637. The fourth-order valence-electron chi connectivity index (χ4n) is 4.08. The molecule has 1 aliphatic carbocycles. The van der Waals surface area contributed by atoms with Crippen molar-refractivity contribution in [3.05, 3.63) is 35.6 Å². The fraction of sp³-hybridized carbons (Fsp3) is 0.579. The Morgan fingerprint density at radius 2 is 2.00 bits per heavy atom. The maximum absolute atomic E-state index is 13.5. The van der Waals surface area contributed by atoms with Crippen LogP contribution in [0.3, 0.4) is 0 Å². The molecule has 1 heterocycles. The van der Waals surface area contributed by atoms with Crippen molar-refractivity contribution < 1.29 is 14.0 Å². The van der Waals surface area contributed by atoms with E-state index in [9.17, 15) is 14.0 Å². The molecule has 25 heavy (non-hydrogen) atoms. The Balaban J connectivity index is 1.45. The van der Waals surface area contributed by atoms with Crippen molar-refractivity contribution in [1.82, 2.24) is 10.6 Å². The van der Waals surface area contributed by atoms with E-state index >= 15 is 0 Å². The van der Waals surface area contributed by atoms with Crippen LogP contribution in [0.5, 0.6) is 0 Å². The topological polar surface area (TPSA) is 84.2 Å². The quantitative estimate of drug-likeness (QED) is 0.756. The van der Waals surface area contributed by atoms with E-state index < -0.39 is 6.04 Å². The highest BCUT2D eigenvalue weighted by Gasteiger charge is 2.44. The molecule has 1 aromatic carbocycles. The summed E-state index contributed by atoms with van der Waals surface area (Å²) in [6.45, 7) is 0. The predicted molar refractivity (Wildman–Crippen MR) is 93.1 cm³/mol. The SMILES string of the molecule is N[C@@H]1C2CCCCC2N[C@@H]1C(=O)NC(=O)CCCc1ccccc1F. The summed E-state index contributed by atoms with van der Waals surface area (Å²) in [6.07, 6.45) is 5.55. The molecule has 1 aromatic rings. The van der Waals surface area contributed by atoms with Crippen LogP contribution >= 0.6 is 0 Å². The van der Waals surface area contributed by atoms with Crippen molar-refractivity contribution in [2.24, 2.45) is 11.7 Å². The average Bonchev–Trinajstić information content (AvgIpc) is 2.94. The average molecular weight is 347 g/mol. The van der Waals surface area contributed by atoms with Crippen molar-refractivity contribution in [3.8, 4) is 0 Å². The summed E-state index contributed by atoms with van der Waals surface area (Å²) < 4.78 is 13.5. The lowest BCUT2D eigenvalue weighted by molar-refractivity contribution is -0.131. The highest BCUT2D eigenvalue weighted by molar-refractivity contribution is 5.98. The van der Waals surface area contributed by atoms with Gasteiger partial charge in [-0.25, -0.2) is 4.39 Å². The molecular formula is C19H26FN3O2. The van der Waals surface area contributed by atoms with E-state index in [0.717, 1.165) is 25.7 Å². The van der Waals surface area contributed by atoms with Crippen LogP contribution in [-0.4, -0.2) is 29.9 Å². The first-order valence-corrected chi connectivity index (χ1v) is 9.15. The summed E-state index contributed by atoms with van der Waals surface area (Å²) in [4.78, 5) is 24.4. The first kappa shape index (κ1) is 18.0. The number of carbonyl (C=O) groups is 2. The summed E-state index contributed by atoms with van der Waals surface area (Å²) in [6, 6.07) is 6.08. The van der Waals surface area contributed by atoms with E-state index in [1.165, 1.54) is 6.07 Å². The lowest BCUT2D eigenvalue weighted by Crippen LogP contribution is -2.51. The van der Waals surface area contributed by atoms with Gasteiger partial charge < -0.3 is 11.1 Å². The maximum atomic E-state index is 13.5. The molecule has 0 radical (unpaired) electrons. The van der Waals surface area contributed by atoms with Crippen LogP contribution in [0, 0.1) is 11.7 Å². The van der Waals surface area contributed by atoms with Gasteiger partial charge in [0.25, 0.3) is 0 Å². The number of halogens is 1. The Morgan fingerprint density at radius 3 is 2.76 bits per heavy atom. The molecule has 0 aromatic heterocycles. The van der Waals surface area contributed by atoms with E-state index in [4.69, 9.17) is 5.73 Å². The van der Waals surface area contributed by atoms with Gasteiger partial charge in [-0.15, -0.1) is 0 Å². The predicted octanol–water partition coefficient (Wildman–Crippen LogP) is 1.65. The molecule has 2 aliphatic rings. The van der Waals surface area contributed by atoms with Gasteiger partial charge >= 0.3 is 0 Å². The van der Waals surface area contributed by atoms with Gasteiger partial charge in [0.2, 0.25) is 11.8 Å². The van der Waals surface area contributed by atoms with Crippen molar-refractivity contribution in [1.29, 1.82) is 0 Å². The molecule has 6 heteroatoms. The third-order valence-electron chi connectivity index (χ3n) is 5.45. The molecule has 2 fully saturated rings. The zero-order chi connectivity index (χ0) is 17.8. The molecule has 4 N–H and O–H groups in total. The lowest BCUT2D eigenvalue weighted by Gasteiger charge is -2.26. The van der Waals surface area contributed by atoms with Gasteiger partial charge in [0, 0.05) is 18.5 Å². The molecule has 1 aliphatic heterocycles. The van der Waals surface area contributed by atoms with Gasteiger partial charge in [-0.05, 0) is 43.2 Å². The molecule has 136 valence electrons. The zero-order valence-corrected chi connectivity index (χ0v) is 14.3. The molecule has 1 saturated carbocycles. The minimum Gasteiger partial charge on any atom is -0.326 e. The molecule has 0 spiro atoms. The Labute approximate surface area is 147 Å². The summed E-state index contributed by atoms with van der Waals surface area (Å²) in [5, 5.41) is 5.75. The third kappa shape index (κ3) is 4.25. The van der Waals surface area contributed by atoms with Gasteiger partial charge in [-0.1, -0.05) is 31.0 Å². The minimum atomic E-state index is -0.497. The number of rotatable bonds is 5. The first-order valence-electron chi connectivity index (χ1n) is 9.15. The van der Waals surface area contributed by atoms with E-state index in [-0.39, 0.29) is 36.1 Å². The highest BCUT2D eigenvalue weighted by Crippen LogP contribution is 2.32. The van der Waals surface area contributed by atoms with Crippen molar-refractivity contribution >= 4 is 11.8 Å².